The Kier molecular flexibility index (Phi) is 4.08. The van der Waals surface area contributed by atoms with Crippen LogP contribution in [0.4, 0.5) is 0 Å². The molecular formula is C16H13BrO4S. The van der Waals surface area contributed by atoms with Gasteiger partial charge in [0.2, 0.25) is 0 Å². The zero-order chi connectivity index (χ0) is 15.7. The predicted octanol–water partition coefficient (Wildman–Crippen LogP) is 3.90. The molecule has 1 aliphatic rings. The van der Waals surface area contributed by atoms with Gasteiger partial charge in [-0.15, -0.1) is 0 Å². The van der Waals surface area contributed by atoms with Crippen molar-refractivity contribution < 1.29 is 17.3 Å². The number of halogens is 1. The van der Waals surface area contributed by atoms with E-state index in [0.29, 0.717) is 11.3 Å². The topological polar surface area (TPSA) is 52.6 Å². The normalized spacial score (nSPS) is 17.1. The van der Waals surface area contributed by atoms with Crippen LogP contribution < -0.4 is 4.18 Å². The molecule has 1 unspecified atom stereocenters. The van der Waals surface area contributed by atoms with Crippen LogP contribution in [0, 0.1) is 0 Å². The molecule has 0 fully saturated rings. The molecule has 1 heterocycles. The number of fused-ring (bicyclic) bond motifs is 1. The van der Waals surface area contributed by atoms with Crippen LogP contribution in [0.3, 0.4) is 0 Å². The van der Waals surface area contributed by atoms with Crippen LogP contribution in [0.15, 0.2) is 57.9 Å². The molecule has 0 bridgehead atoms. The van der Waals surface area contributed by atoms with Crippen LogP contribution in [0.1, 0.15) is 17.2 Å². The van der Waals surface area contributed by atoms with Crippen molar-refractivity contribution in [3.8, 4) is 5.75 Å². The first kappa shape index (κ1) is 15.3. The molecule has 114 valence electrons. The van der Waals surface area contributed by atoms with Gasteiger partial charge >= 0.3 is 10.1 Å². The molecule has 0 aromatic heterocycles. The van der Waals surface area contributed by atoms with Gasteiger partial charge in [0, 0.05) is 17.1 Å². The van der Waals surface area contributed by atoms with Crippen molar-refractivity contribution in [2.75, 3.05) is 7.11 Å². The average molecular weight is 381 g/mol. The molecule has 0 spiro atoms. The van der Waals surface area contributed by atoms with E-state index in [1.807, 2.05) is 36.4 Å². The minimum Gasteiger partial charge on any atom is -0.378 e. The fourth-order valence-corrected chi connectivity index (χ4v) is 3.98. The number of ether oxygens (including phenoxy) is 1. The number of methoxy groups -OCH3 is 1. The van der Waals surface area contributed by atoms with Crippen LogP contribution in [0.25, 0.3) is 6.08 Å². The minimum absolute atomic E-state index is 0.0896. The fraction of sp³-hybridized carbons (Fsp3) is 0.125. The van der Waals surface area contributed by atoms with Gasteiger partial charge in [0.1, 0.15) is 16.8 Å². The summed E-state index contributed by atoms with van der Waals surface area (Å²) in [7, 11) is -2.41. The summed E-state index contributed by atoms with van der Waals surface area (Å²) in [4.78, 5) is 0.0896. The Morgan fingerprint density at radius 1 is 1.14 bits per heavy atom. The second-order valence-electron chi connectivity index (χ2n) is 4.79. The highest BCUT2D eigenvalue weighted by molar-refractivity contribution is 9.10. The lowest BCUT2D eigenvalue weighted by atomic mass is 10.1. The average Bonchev–Trinajstić information content (AvgIpc) is 2.50. The molecule has 0 saturated heterocycles. The first-order chi connectivity index (χ1) is 10.5. The van der Waals surface area contributed by atoms with E-state index in [1.54, 1.807) is 18.2 Å². The molecular weight excluding hydrogens is 368 g/mol. The zero-order valence-electron chi connectivity index (χ0n) is 11.7. The van der Waals surface area contributed by atoms with Crippen molar-refractivity contribution in [3.63, 3.8) is 0 Å². The Morgan fingerprint density at radius 2 is 1.86 bits per heavy atom. The van der Waals surface area contributed by atoms with Crippen LogP contribution in [-0.2, 0) is 14.9 Å². The molecule has 0 amide bonds. The van der Waals surface area contributed by atoms with Gasteiger partial charge in [-0.2, -0.15) is 8.42 Å². The smallest absolute Gasteiger partial charge is 0.338 e. The summed E-state index contributed by atoms with van der Waals surface area (Å²) in [6.45, 7) is 0. The van der Waals surface area contributed by atoms with Gasteiger partial charge < -0.3 is 8.92 Å². The van der Waals surface area contributed by atoms with Gasteiger partial charge in [-0.25, -0.2) is 0 Å². The summed E-state index contributed by atoms with van der Waals surface area (Å²) < 4.78 is 36.3. The van der Waals surface area contributed by atoms with E-state index in [9.17, 15) is 8.42 Å². The van der Waals surface area contributed by atoms with Crippen LogP contribution in [0.5, 0.6) is 5.75 Å². The summed E-state index contributed by atoms with van der Waals surface area (Å²) in [6, 6.07) is 14.3. The predicted molar refractivity (Wildman–Crippen MR) is 87.9 cm³/mol. The zero-order valence-corrected chi connectivity index (χ0v) is 14.1. The number of rotatable bonds is 3. The van der Waals surface area contributed by atoms with Crippen molar-refractivity contribution in [1.82, 2.24) is 0 Å². The molecule has 0 saturated carbocycles. The second kappa shape index (κ2) is 5.87. The minimum atomic E-state index is -3.89. The van der Waals surface area contributed by atoms with Crippen molar-refractivity contribution in [2.24, 2.45) is 0 Å². The Hall–Kier alpha value is -1.63. The largest absolute Gasteiger partial charge is 0.378 e. The first-order valence-corrected chi connectivity index (χ1v) is 8.75. The third kappa shape index (κ3) is 2.82. The first-order valence-electron chi connectivity index (χ1n) is 6.54. The molecule has 1 aliphatic heterocycles. The third-order valence-corrected chi connectivity index (χ3v) is 5.16. The Morgan fingerprint density at radius 3 is 2.55 bits per heavy atom. The number of hydrogen-bond acceptors (Lipinski definition) is 4. The maximum Gasteiger partial charge on any atom is 0.338 e. The highest BCUT2D eigenvalue weighted by atomic mass is 79.9. The highest BCUT2D eigenvalue weighted by Crippen LogP contribution is 2.39. The Labute approximate surface area is 137 Å². The second-order valence-corrected chi connectivity index (χ2v) is 7.25. The van der Waals surface area contributed by atoms with Crippen molar-refractivity contribution in [1.29, 1.82) is 0 Å². The lowest BCUT2D eigenvalue weighted by Gasteiger charge is -2.23. The maximum absolute atomic E-state index is 12.4. The molecule has 2 aromatic carbocycles. The highest BCUT2D eigenvalue weighted by Gasteiger charge is 2.33. The fourth-order valence-electron chi connectivity index (χ4n) is 2.35. The van der Waals surface area contributed by atoms with Gasteiger partial charge in [0.15, 0.2) is 0 Å². The van der Waals surface area contributed by atoms with Gasteiger partial charge in [-0.1, -0.05) is 46.3 Å². The summed E-state index contributed by atoms with van der Waals surface area (Å²) in [5.74, 6) is 0.315. The summed E-state index contributed by atoms with van der Waals surface area (Å²) in [5, 5.41) is 0. The molecule has 22 heavy (non-hydrogen) atoms. The lowest BCUT2D eigenvalue weighted by Crippen LogP contribution is -2.21. The van der Waals surface area contributed by atoms with E-state index in [4.69, 9.17) is 8.92 Å². The van der Waals surface area contributed by atoms with Crippen LogP contribution in [0.2, 0.25) is 0 Å². The summed E-state index contributed by atoms with van der Waals surface area (Å²) in [6.07, 6.45) is 0.887. The van der Waals surface area contributed by atoms with Gasteiger partial charge in [-0.3, -0.25) is 0 Å². The molecule has 0 N–H and O–H groups in total. The van der Waals surface area contributed by atoms with E-state index < -0.39 is 16.2 Å². The van der Waals surface area contributed by atoms with Crippen LogP contribution in [-0.4, -0.2) is 15.5 Å². The van der Waals surface area contributed by atoms with Gasteiger partial charge in [0.05, 0.1) is 0 Å². The van der Waals surface area contributed by atoms with E-state index in [-0.39, 0.29) is 4.91 Å². The SMILES string of the molecule is COC(C1=Cc2cc(Br)ccc2OS1(=O)=O)c1ccccc1. The molecule has 6 heteroatoms. The number of benzene rings is 2. The molecule has 2 aromatic rings. The Balaban J connectivity index is 2.15. The molecule has 0 radical (unpaired) electrons. The van der Waals surface area contributed by atoms with E-state index in [1.165, 1.54) is 7.11 Å². The molecule has 4 nitrogen and oxygen atoms in total. The quantitative estimate of drug-likeness (QED) is 0.757. The monoisotopic (exact) mass is 380 g/mol. The maximum atomic E-state index is 12.4. The van der Waals surface area contributed by atoms with E-state index in [2.05, 4.69) is 15.9 Å². The molecule has 1 atom stereocenters. The summed E-state index contributed by atoms with van der Waals surface area (Å²) in [5.41, 5.74) is 1.44. The van der Waals surface area contributed by atoms with Crippen LogP contribution >= 0.6 is 15.9 Å². The third-order valence-electron chi connectivity index (χ3n) is 3.35. The standard InChI is InChI=1S/C16H13BrO4S/c1-20-16(11-5-3-2-4-6-11)15-10-12-9-13(17)7-8-14(12)21-22(15,18)19/h2-10,16H,1H3. The van der Waals surface area contributed by atoms with Crippen molar-refractivity contribution in [3.05, 3.63) is 69.0 Å². The lowest BCUT2D eigenvalue weighted by molar-refractivity contribution is 0.138. The molecule has 3 rings (SSSR count). The van der Waals surface area contributed by atoms with Gasteiger partial charge in [-0.05, 0) is 29.8 Å². The van der Waals surface area contributed by atoms with Crippen molar-refractivity contribution >= 4 is 32.1 Å². The Bertz CT molecular complexity index is 828. The van der Waals surface area contributed by atoms with Gasteiger partial charge in [0.25, 0.3) is 0 Å². The van der Waals surface area contributed by atoms with E-state index >= 15 is 0 Å². The van der Waals surface area contributed by atoms with E-state index in [0.717, 1.165) is 10.0 Å². The molecule has 0 aliphatic carbocycles. The number of hydrogen-bond donors (Lipinski definition) is 0. The summed E-state index contributed by atoms with van der Waals surface area (Å²) >= 11 is 3.37. The van der Waals surface area contributed by atoms with Crippen molar-refractivity contribution in [2.45, 2.75) is 6.10 Å².